The molecule has 1 heterocycles. The van der Waals surface area contributed by atoms with Gasteiger partial charge in [-0.15, -0.1) is 0 Å². The number of H-pyrrole nitrogens is 1. The quantitative estimate of drug-likeness (QED) is 0.185. The number of amides is 1. The van der Waals surface area contributed by atoms with Gasteiger partial charge >= 0.3 is 0 Å². The molecule has 1 saturated carbocycles. The molecule has 1 aliphatic rings. The molecule has 9 heteroatoms. The molecule has 4 N–H and O–H groups in total. The van der Waals surface area contributed by atoms with Crippen molar-refractivity contribution >= 4 is 16.8 Å². The second-order valence-electron chi connectivity index (χ2n) is 10.6. The van der Waals surface area contributed by atoms with Crippen LogP contribution in [-0.2, 0) is 17.6 Å². The van der Waals surface area contributed by atoms with Crippen molar-refractivity contribution in [3.63, 3.8) is 0 Å². The van der Waals surface area contributed by atoms with Crippen LogP contribution in [0.4, 0.5) is 8.78 Å². The Morgan fingerprint density at radius 1 is 0.900 bits per heavy atom. The maximum Gasteiger partial charge on any atom is 0.248 e. The summed E-state index contributed by atoms with van der Waals surface area (Å²) >= 11 is 0. The van der Waals surface area contributed by atoms with Gasteiger partial charge in [0.2, 0.25) is 11.5 Å². The van der Waals surface area contributed by atoms with Gasteiger partial charge < -0.3 is 25.6 Å². The van der Waals surface area contributed by atoms with Crippen LogP contribution in [0.5, 0.6) is 5.75 Å². The molecule has 0 aliphatic heterocycles. The molecule has 0 spiro atoms. The number of benzene rings is 2. The highest BCUT2D eigenvalue weighted by molar-refractivity contribution is 5.87. The SMILES string of the molecule is O=C(CCNCCc1cc(F)cc(F)c1)N(CCNCCc1ccc(O)c2[nH]c(=O)ccc12)C1CCCCCC1. The number of nitrogens with zero attached hydrogens (tertiary/aromatic N) is 1. The largest absolute Gasteiger partial charge is 0.506 e. The molecule has 40 heavy (non-hydrogen) atoms. The molecule has 4 rings (SSSR count). The number of carbonyl (C=O) groups excluding carboxylic acids is 1. The van der Waals surface area contributed by atoms with Gasteiger partial charge in [0, 0.05) is 49.6 Å². The number of carbonyl (C=O) groups is 1. The van der Waals surface area contributed by atoms with Crippen molar-refractivity contribution in [2.45, 2.75) is 63.8 Å². The predicted molar refractivity (Wildman–Crippen MR) is 154 cm³/mol. The van der Waals surface area contributed by atoms with E-state index in [2.05, 4.69) is 15.6 Å². The number of aromatic amines is 1. The van der Waals surface area contributed by atoms with E-state index in [1.54, 1.807) is 12.1 Å². The van der Waals surface area contributed by atoms with E-state index in [9.17, 15) is 23.5 Å². The average molecular weight is 555 g/mol. The lowest BCUT2D eigenvalue weighted by Gasteiger charge is -2.32. The van der Waals surface area contributed by atoms with Crippen molar-refractivity contribution in [2.24, 2.45) is 0 Å². The molecule has 0 atom stereocenters. The lowest BCUT2D eigenvalue weighted by atomic mass is 10.0. The third-order valence-corrected chi connectivity index (χ3v) is 7.68. The van der Waals surface area contributed by atoms with Crippen LogP contribution in [0.2, 0.25) is 0 Å². The highest BCUT2D eigenvalue weighted by Gasteiger charge is 2.24. The first-order valence-corrected chi connectivity index (χ1v) is 14.4. The third kappa shape index (κ3) is 8.60. The number of aromatic nitrogens is 1. The van der Waals surface area contributed by atoms with Crippen LogP contribution in [0.15, 0.2) is 47.3 Å². The van der Waals surface area contributed by atoms with Crippen molar-refractivity contribution in [3.8, 4) is 5.75 Å². The number of halogens is 2. The van der Waals surface area contributed by atoms with Gasteiger partial charge in [0.1, 0.15) is 17.4 Å². The van der Waals surface area contributed by atoms with Crippen molar-refractivity contribution in [1.82, 2.24) is 20.5 Å². The fourth-order valence-electron chi connectivity index (χ4n) is 5.59. The minimum Gasteiger partial charge on any atom is -0.506 e. The van der Waals surface area contributed by atoms with Gasteiger partial charge in [-0.1, -0.05) is 31.7 Å². The summed E-state index contributed by atoms with van der Waals surface area (Å²) in [7, 11) is 0. The van der Waals surface area contributed by atoms with Gasteiger partial charge in [-0.2, -0.15) is 0 Å². The minimum absolute atomic E-state index is 0.0549. The normalized spacial score (nSPS) is 14.3. The van der Waals surface area contributed by atoms with Crippen LogP contribution in [0, 0.1) is 11.6 Å². The second kappa shape index (κ2) is 14.9. The summed E-state index contributed by atoms with van der Waals surface area (Å²) in [5, 5.41) is 17.6. The number of phenols is 1. The summed E-state index contributed by atoms with van der Waals surface area (Å²) in [5.41, 5.74) is 1.82. The molecule has 7 nitrogen and oxygen atoms in total. The number of aromatic hydroxyl groups is 1. The van der Waals surface area contributed by atoms with Crippen molar-refractivity contribution < 1.29 is 18.7 Å². The minimum atomic E-state index is -0.578. The van der Waals surface area contributed by atoms with Crippen molar-refractivity contribution in [3.05, 3.63) is 75.6 Å². The molecule has 2 aromatic carbocycles. The first-order chi connectivity index (χ1) is 19.4. The number of phenolic OH excluding ortho intramolecular Hbond substituents is 1. The van der Waals surface area contributed by atoms with Gasteiger partial charge in [-0.3, -0.25) is 9.59 Å². The van der Waals surface area contributed by atoms with Gasteiger partial charge in [0.15, 0.2) is 0 Å². The van der Waals surface area contributed by atoms with Gasteiger partial charge in [-0.05, 0) is 74.2 Å². The van der Waals surface area contributed by atoms with E-state index < -0.39 is 11.6 Å². The molecule has 0 saturated heterocycles. The molecule has 1 amide bonds. The zero-order chi connectivity index (χ0) is 28.3. The Morgan fingerprint density at radius 3 is 2.35 bits per heavy atom. The fraction of sp³-hybridized carbons (Fsp3) is 0.484. The number of fused-ring (bicyclic) bond motifs is 1. The fourth-order valence-corrected chi connectivity index (χ4v) is 5.59. The topological polar surface area (TPSA) is 97.5 Å². The van der Waals surface area contributed by atoms with E-state index in [-0.39, 0.29) is 23.3 Å². The molecule has 1 aliphatic carbocycles. The van der Waals surface area contributed by atoms with Crippen LogP contribution in [0.3, 0.4) is 0 Å². The van der Waals surface area contributed by atoms with Crippen LogP contribution in [0.1, 0.15) is 56.1 Å². The van der Waals surface area contributed by atoms with E-state index in [4.69, 9.17) is 0 Å². The maximum atomic E-state index is 13.4. The molecule has 216 valence electrons. The molecule has 1 fully saturated rings. The highest BCUT2D eigenvalue weighted by Crippen LogP contribution is 2.25. The Balaban J connectivity index is 1.25. The van der Waals surface area contributed by atoms with Gasteiger partial charge in [0.25, 0.3) is 0 Å². The number of pyridine rings is 1. The summed E-state index contributed by atoms with van der Waals surface area (Å²) in [4.78, 5) is 29.7. The third-order valence-electron chi connectivity index (χ3n) is 7.68. The Kier molecular flexibility index (Phi) is 11.1. The molecule has 0 unspecified atom stereocenters. The molecular weight excluding hydrogens is 514 g/mol. The first-order valence-electron chi connectivity index (χ1n) is 14.4. The number of nitrogens with one attached hydrogen (secondary N) is 3. The number of rotatable bonds is 13. The van der Waals surface area contributed by atoms with E-state index in [0.717, 1.165) is 49.1 Å². The monoisotopic (exact) mass is 554 g/mol. The highest BCUT2D eigenvalue weighted by atomic mass is 19.1. The number of hydrogen-bond donors (Lipinski definition) is 4. The zero-order valence-electron chi connectivity index (χ0n) is 23.0. The van der Waals surface area contributed by atoms with E-state index >= 15 is 0 Å². The maximum absolute atomic E-state index is 13.4. The standard InChI is InChI=1S/C31H40F2N4O3/c32-24-19-22(20-25(33)21-24)11-14-34-16-13-30(40)37(26-5-3-1-2-4-6-26)18-17-35-15-12-23-7-9-28(38)31-27(23)8-10-29(39)36-31/h7-10,19-21,26,34-35,38H,1-6,11-18H2,(H,36,39). The molecule has 1 aromatic heterocycles. The van der Waals surface area contributed by atoms with E-state index in [1.807, 2.05) is 11.0 Å². The van der Waals surface area contributed by atoms with Gasteiger partial charge in [-0.25, -0.2) is 8.78 Å². The summed E-state index contributed by atoms with van der Waals surface area (Å²) in [6, 6.07) is 10.5. The molecule has 0 bridgehead atoms. The predicted octanol–water partition coefficient (Wildman–Crippen LogP) is 4.42. The summed E-state index contributed by atoms with van der Waals surface area (Å²) in [5.74, 6) is -0.970. The summed E-state index contributed by atoms with van der Waals surface area (Å²) in [6.07, 6.45) is 8.36. The zero-order valence-corrected chi connectivity index (χ0v) is 23.0. The second-order valence-corrected chi connectivity index (χ2v) is 10.6. The lowest BCUT2D eigenvalue weighted by Crippen LogP contribution is -2.45. The average Bonchev–Trinajstić information content (AvgIpc) is 3.20. The Bertz CT molecular complexity index is 1300. The van der Waals surface area contributed by atoms with E-state index in [1.165, 1.54) is 31.0 Å². The van der Waals surface area contributed by atoms with Gasteiger partial charge in [0.05, 0.1) is 5.52 Å². The Labute approximate surface area is 234 Å². The molecular formula is C31H40F2N4O3. The van der Waals surface area contributed by atoms with Crippen molar-refractivity contribution in [2.75, 3.05) is 32.7 Å². The van der Waals surface area contributed by atoms with Crippen LogP contribution in [-0.4, -0.2) is 59.7 Å². The Morgan fingerprint density at radius 2 is 1.60 bits per heavy atom. The Hall–Kier alpha value is -3.30. The smallest absolute Gasteiger partial charge is 0.248 e. The van der Waals surface area contributed by atoms with Crippen LogP contribution in [0.25, 0.3) is 10.9 Å². The van der Waals surface area contributed by atoms with Crippen LogP contribution < -0.4 is 16.2 Å². The lowest BCUT2D eigenvalue weighted by molar-refractivity contribution is -0.133. The van der Waals surface area contributed by atoms with E-state index in [0.29, 0.717) is 56.6 Å². The van der Waals surface area contributed by atoms with Crippen molar-refractivity contribution in [1.29, 1.82) is 0 Å². The van der Waals surface area contributed by atoms with Crippen LogP contribution >= 0.6 is 0 Å². The first kappa shape index (κ1) is 29.7. The molecule has 3 aromatic rings. The molecule has 0 radical (unpaired) electrons. The number of hydrogen-bond acceptors (Lipinski definition) is 5. The summed E-state index contributed by atoms with van der Waals surface area (Å²) < 4.78 is 26.8. The summed E-state index contributed by atoms with van der Waals surface area (Å²) in [6.45, 7) is 3.07.